The molecule has 1 unspecified atom stereocenters. The Kier molecular flexibility index (Phi) is 8.00. The first-order valence-electron chi connectivity index (χ1n) is 12.0. The Morgan fingerprint density at radius 1 is 0.889 bits per heavy atom. The zero-order chi connectivity index (χ0) is 25.5. The van der Waals surface area contributed by atoms with Crippen LogP contribution in [0, 0.1) is 0 Å². The van der Waals surface area contributed by atoms with Crippen LogP contribution in [0.3, 0.4) is 0 Å². The number of hydrogen-bond donors (Lipinski definition) is 2. The molecule has 2 atom stereocenters. The number of aliphatic carboxylic acids is 1. The average Bonchev–Trinajstić information content (AvgIpc) is 3.19. The Balaban J connectivity index is 1.27. The lowest BCUT2D eigenvalue weighted by atomic mass is 9.98. The number of carboxylic acid groups (broad SMARTS) is 1. The lowest BCUT2D eigenvalue weighted by Crippen LogP contribution is -2.41. The van der Waals surface area contributed by atoms with E-state index in [0.717, 1.165) is 27.8 Å². The fourth-order valence-corrected chi connectivity index (χ4v) is 4.57. The van der Waals surface area contributed by atoms with Crippen molar-refractivity contribution in [3.63, 3.8) is 0 Å². The maximum Gasteiger partial charge on any atom is 0.407 e. The van der Waals surface area contributed by atoms with E-state index in [1.54, 1.807) is 6.92 Å². The second-order valence-electron chi connectivity index (χ2n) is 8.89. The molecule has 3 aromatic carbocycles. The molecule has 1 aliphatic carbocycles. The van der Waals surface area contributed by atoms with E-state index in [-0.39, 0.29) is 31.5 Å². The van der Waals surface area contributed by atoms with E-state index in [4.69, 9.17) is 9.47 Å². The van der Waals surface area contributed by atoms with Gasteiger partial charge in [-0.2, -0.15) is 0 Å². The summed E-state index contributed by atoms with van der Waals surface area (Å²) in [6, 6.07) is 24.3. The van der Waals surface area contributed by atoms with Crippen LogP contribution in [-0.4, -0.2) is 41.9 Å². The van der Waals surface area contributed by atoms with Crippen molar-refractivity contribution >= 4 is 18.0 Å². The summed E-state index contributed by atoms with van der Waals surface area (Å²) in [4.78, 5) is 36.4. The molecule has 0 saturated carbocycles. The van der Waals surface area contributed by atoms with Crippen LogP contribution in [0.4, 0.5) is 4.79 Å². The first-order chi connectivity index (χ1) is 17.4. The molecule has 4 rings (SSSR count). The molecule has 186 valence electrons. The summed E-state index contributed by atoms with van der Waals surface area (Å²) < 4.78 is 10.8. The quantitative estimate of drug-likeness (QED) is 0.393. The fraction of sp³-hybridized carbons (Fsp3) is 0.276. The Hall–Kier alpha value is -4.13. The van der Waals surface area contributed by atoms with E-state index in [0.29, 0.717) is 6.42 Å². The predicted octanol–water partition coefficient (Wildman–Crippen LogP) is 4.93. The number of alkyl carbamates (subject to hydrolysis) is 1. The number of esters is 1. The normalized spacial score (nSPS) is 13.7. The highest BCUT2D eigenvalue weighted by Gasteiger charge is 2.30. The van der Waals surface area contributed by atoms with Gasteiger partial charge in [-0.3, -0.25) is 4.79 Å². The van der Waals surface area contributed by atoms with Crippen molar-refractivity contribution in [1.29, 1.82) is 0 Å². The summed E-state index contributed by atoms with van der Waals surface area (Å²) >= 11 is 0. The molecule has 3 aromatic rings. The van der Waals surface area contributed by atoms with Crippen LogP contribution >= 0.6 is 0 Å². The number of ether oxygens (including phenoxy) is 2. The molecule has 2 N–H and O–H groups in total. The topological polar surface area (TPSA) is 102 Å². The van der Waals surface area contributed by atoms with Gasteiger partial charge in [0.15, 0.2) is 0 Å². The van der Waals surface area contributed by atoms with Gasteiger partial charge in [-0.1, -0.05) is 78.9 Å². The molecular weight excluding hydrogens is 458 g/mol. The molecule has 1 amide bonds. The number of benzene rings is 3. The van der Waals surface area contributed by atoms with Crippen molar-refractivity contribution in [2.75, 3.05) is 6.61 Å². The van der Waals surface area contributed by atoms with Gasteiger partial charge in [-0.25, -0.2) is 9.59 Å². The van der Waals surface area contributed by atoms with E-state index in [1.165, 1.54) is 0 Å². The minimum absolute atomic E-state index is 0.0746. The van der Waals surface area contributed by atoms with Crippen LogP contribution in [0.1, 0.15) is 42.4 Å². The van der Waals surface area contributed by atoms with Gasteiger partial charge < -0.3 is 19.9 Å². The highest BCUT2D eigenvalue weighted by atomic mass is 16.6. The smallest absolute Gasteiger partial charge is 0.407 e. The number of amides is 1. The molecule has 0 fully saturated rings. The fourth-order valence-electron chi connectivity index (χ4n) is 4.57. The number of nitrogens with one attached hydrogen (secondary N) is 1. The number of carboxylic acids is 1. The van der Waals surface area contributed by atoms with Crippen LogP contribution in [0.5, 0.6) is 0 Å². The highest BCUT2D eigenvalue weighted by molar-refractivity contribution is 5.81. The molecule has 7 heteroatoms. The Morgan fingerprint density at radius 3 is 2.08 bits per heavy atom. The third-order valence-corrected chi connectivity index (χ3v) is 6.27. The largest absolute Gasteiger partial charge is 0.480 e. The van der Waals surface area contributed by atoms with Gasteiger partial charge in [0.05, 0.1) is 0 Å². The average molecular weight is 488 g/mol. The maximum absolute atomic E-state index is 12.5. The second-order valence-corrected chi connectivity index (χ2v) is 8.89. The monoisotopic (exact) mass is 487 g/mol. The summed E-state index contributed by atoms with van der Waals surface area (Å²) in [7, 11) is 0. The predicted molar refractivity (Wildman–Crippen MR) is 135 cm³/mol. The van der Waals surface area contributed by atoms with Crippen LogP contribution in [0.25, 0.3) is 11.1 Å². The third kappa shape index (κ3) is 6.10. The SMILES string of the molecule is CC(Cc1ccccc1)OC(=O)CC[C@H](NC(=O)OCC1c2ccccc2-c2ccccc21)C(=O)O. The molecule has 0 radical (unpaired) electrons. The number of fused-ring (bicyclic) bond motifs is 3. The van der Waals surface area contributed by atoms with Gasteiger partial charge >= 0.3 is 18.0 Å². The third-order valence-electron chi connectivity index (χ3n) is 6.27. The van der Waals surface area contributed by atoms with Gasteiger partial charge in [0, 0.05) is 18.8 Å². The number of carbonyl (C=O) groups excluding carboxylic acids is 2. The molecule has 7 nitrogen and oxygen atoms in total. The van der Waals surface area contributed by atoms with Crippen LogP contribution in [0.2, 0.25) is 0 Å². The van der Waals surface area contributed by atoms with E-state index in [9.17, 15) is 19.5 Å². The molecule has 0 aromatic heterocycles. The van der Waals surface area contributed by atoms with Crippen molar-refractivity contribution in [2.24, 2.45) is 0 Å². The van der Waals surface area contributed by atoms with Gasteiger partial charge in [-0.15, -0.1) is 0 Å². The van der Waals surface area contributed by atoms with Crippen molar-refractivity contribution in [1.82, 2.24) is 5.32 Å². The molecule has 0 saturated heterocycles. The summed E-state index contributed by atoms with van der Waals surface area (Å²) in [5.41, 5.74) is 5.37. The molecule has 1 aliphatic rings. The maximum atomic E-state index is 12.5. The molecule has 0 heterocycles. The lowest BCUT2D eigenvalue weighted by molar-refractivity contribution is -0.148. The molecule has 0 bridgehead atoms. The summed E-state index contributed by atoms with van der Waals surface area (Å²) in [6.07, 6.45) is -0.864. The Labute approximate surface area is 210 Å². The Morgan fingerprint density at radius 2 is 1.47 bits per heavy atom. The zero-order valence-electron chi connectivity index (χ0n) is 20.1. The Bertz CT molecular complexity index is 1180. The van der Waals surface area contributed by atoms with Crippen molar-refractivity contribution in [2.45, 2.75) is 44.2 Å². The summed E-state index contributed by atoms with van der Waals surface area (Å²) in [6.45, 7) is 1.86. The highest BCUT2D eigenvalue weighted by Crippen LogP contribution is 2.44. The van der Waals surface area contributed by atoms with Gasteiger partial charge in [0.25, 0.3) is 0 Å². The molecule has 36 heavy (non-hydrogen) atoms. The minimum atomic E-state index is -1.27. The zero-order valence-corrected chi connectivity index (χ0v) is 20.1. The van der Waals surface area contributed by atoms with E-state index in [2.05, 4.69) is 5.32 Å². The van der Waals surface area contributed by atoms with Crippen molar-refractivity contribution in [3.8, 4) is 11.1 Å². The van der Waals surface area contributed by atoms with Crippen LogP contribution in [0.15, 0.2) is 78.9 Å². The molecule has 0 spiro atoms. The van der Waals surface area contributed by atoms with Crippen molar-refractivity contribution in [3.05, 3.63) is 95.6 Å². The van der Waals surface area contributed by atoms with Crippen LogP contribution in [-0.2, 0) is 25.5 Å². The van der Waals surface area contributed by atoms with Crippen LogP contribution < -0.4 is 5.32 Å². The van der Waals surface area contributed by atoms with Gasteiger partial charge in [0.1, 0.15) is 18.8 Å². The summed E-state index contributed by atoms with van der Waals surface area (Å²) in [5, 5.41) is 11.9. The summed E-state index contributed by atoms with van der Waals surface area (Å²) in [5.74, 6) is -1.89. The number of rotatable bonds is 10. The van der Waals surface area contributed by atoms with Crippen molar-refractivity contribution < 1.29 is 29.0 Å². The standard InChI is InChI=1S/C29H29NO6/c1-19(17-20-9-3-2-4-10-20)36-27(31)16-15-26(28(32)33)30-29(34)35-18-25-23-13-7-5-11-21(23)22-12-6-8-14-24(22)25/h2-14,19,25-26H,15-18H2,1H3,(H,30,34)(H,32,33)/t19?,26-/m0/s1. The number of carbonyl (C=O) groups is 3. The second kappa shape index (κ2) is 11.5. The lowest BCUT2D eigenvalue weighted by Gasteiger charge is -2.18. The van der Waals surface area contributed by atoms with E-state index >= 15 is 0 Å². The van der Waals surface area contributed by atoms with Gasteiger partial charge in [-0.05, 0) is 41.2 Å². The first-order valence-corrected chi connectivity index (χ1v) is 12.0. The van der Waals surface area contributed by atoms with Gasteiger partial charge in [0.2, 0.25) is 0 Å². The molecular formula is C29H29NO6. The van der Waals surface area contributed by atoms with E-state index in [1.807, 2.05) is 78.9 Å². The van der Waals surface area contributed by atoms with E-state index < -0.39 is 24.1 Å². The molecule has 0 aliphatic heterocycles. The number of hydrogen-bond acceptors (Lipinski definition) is 5. The minimum Gasteiger partial charge on any atom is -0.480 e. The first kappa shape index (κ1) is 25.0.